The van der Waals surface area contributed by atoms with Gasteiger partial charge in [0.1, 0.15) is 11.5 Å². The first-order chi connectivity index (χ1) is 8.70. The smallest absolute Gasteiger partial charge is 0.259 e. The van der Waals surface area contributed by atoms with Crippen LogP contribution in [0.15, 0.2) is 48.5 Å². The Morgan fingerprint density at radius 1 is 1.17 bits per heavy atom. The fraction of sp³-hybridized carbons (Fsp3) is 0.0714. The topological polar surface area (TPSA) is 58.6 Å². The Balaban J connectivity index is 2.23. The number of hydrogen-bond donors (Lipinski definition) is 2. The minimum Gasteiger partial charge on any atom is -0.507 e. The third-order valence-electron chi connectivity index (χ3n) is 2.48. The van der Waals surface area contributed by atoms with E-state index in [0.29, 0.717) is 11.4 Å². The van der Waals surface area contributed by atoms with Gasteiger partial charge in [-0.25, -0.2) is 0 Å². The molecule has 4 heteroatoms. The molecule has 92 valence electrons. The zero-order valence-electron chi connectivity index (χ0n) is 9.88. The molecule has 2 aromatic rings. The average molecular weight is 243 g/mol. The van der Waals surface area contributed by atoms with Gasteiger partial charge in [-0.15, -0.1) is 0 Å². The Kier molecular flexibility index (Phi) is 3.48. The minimum absolute atomic E-state index is 0.0794. The van der Waals surface area contributed by atoms with E-state index < -0.39 is 0 Å². The van der Waals surface area contributed by atoms with E-state index in [0.717, 1.165) is 0 Å². The van der Waals surface area contributed by atoms with E-state index >= 15 is 0 Å². The maximum atomic E-state index is 12.0. The number of amides is 1. The van der Waals surface area contributed by atoms with E-state index in [1.54, 1.807) is 18.2 Å². The van der Waals surface area contributed by atoms with Gasteiger partial charge in [-0.05, 0) is 30.3 Å². The Morgan fingerprint density at radius 3 is 2.56 bits per heavy atom. The first-order valence-electron chi connectivity index (χ1n) is 5.44. The minimum atomic E-state index is -0.377. The molecule has 0 bridgehead atoms. The molecule has 0 heterocycles. The van der Waals surface area contributed by atoms with Gasteiger partial charge in [0, 0.05) is 5.69 Å². The largest absolute Gasteiger partial charge is 0.507 e. The molecule has 0 saturated heterocycles. The van der Waals surface area contributed by atoms with Crippen LogP contribution in [0.1, 0.15) is 10.4 Å². The van der Waals surface area contributed by atoms with Crippen LogP contribution in [0.25, 0.3) is 0 Å². The van der Waals surface area contributed by atoms with Crippen LogP contribution < -0.4 is 10.1 Å². The Bertz CT molecular complexity index is 552. The molecular weight excluding hydrogens is 230 g/mol. The van der Waals surface area contributed by atoms with Crippen molar-refractivity contribution in [1.82, 2.24) is 0 Å². The molecule has 2 N–H and O–H groups in total. The zero-order valence-corrected chi connectivity index (χ0v) is 9.88. The number of phenolic OH excluding ortho intramolecular Hbond substituents is 1. The first-order valence-corrected chi connectivity index (χ1v) is 5.44. The number of phenols is 1. The number of carbonyl (C=O) groups is 1. The second-order valence-electron chi connectivity index (χ2n) is 3.70. The van der Waals surface area contributed by atoms with Crippen LogP contribution in [-0.4, -0.2) is 18.1 Å². The van der Waals surface area contributed by atoms with E-state index in [1.165, 1.54) is 19.2 Å². The van der Waals surface area contributed by atoms with Crippen molar-refractivity contribution in [3.63, 3.8) is 0 Å². The van der Waals surface area contributed by atoms with Crippen LogP contribution >= 0.6 is 0 Å². The van der Waals surface area contributed by atoms with Crippen molar-refractivity contribution in [2.75, 3.05) is 12.4 Å². The number of nitrogens with one attached hydrogen (secondary N) is 1. The lowest BCUT2D eigenvalue weighted by Gasteiger charge is -2.08. The van der Waals surface area contributed by atoms with Gasteiger partial charge in [-0.2, -0.15) is 0 Å². The summed E-state index contributed by atoms with van der Waals surface area (Å²) in [6.45, 7) is 0. The summed E-state index contributed by atoms with van der Waals surface area (Å²) in [6.07, 6.45) is 0. The highest BCUT2D eigenvalue weighted by Crippen LogP contribution is 2.23. The summed E-state index contributed by atoms with van der Waals surface area (Å²) in [5.74, 6) is 0.0628. The van der Waals surface area contributed by atoms with Crippen molar-refractivity contribution in [3.8, 4) is 11.5 Å². The second kappa shape index (κ2) is 5.23. The highest BCUT2D eigenvalue weighted by Gasteiger charge is 2.12. The molecule has 2 rings (SSSR count). The van der Waals surface area contributed by atoms with Gasteiger partial charge in [0.05, 0.1) is 12.7 Å². The van der Waals surface area contributed by atoms with E-state index in [4.69, 9.17) is 4.74 Å². The SMILES string of the molecule is COc1ccc(O)c(C(=O)Nc2ccccc2)c1. The van der Waals surface area contributed by atoms with Crippen LogP contribution in [0.2, 0.25) is 0 Å². The standard InChI is InChI=1S/C14H13NO3/c1-18-11-7-8-13(16)12(9-11)14(17)15-10-5-3-2-4-6-10/h2-9,16H,1H3,(H,15,17). The molecule has 1 amide bonds. The Labute approximate surface area is 105 Å². The molecule has 0 fully saturated rings. The van der Waals surface area contributed by atoms with Crippen LogP contribution in [0.4, 0.5) is 5.69 Å². The van der Waals surface area contributed by atoms with Gasteiger partial charge < -0.3 is 15.2 Å². The van der Waals surface area contributed by atoms with Gasteiger partial charge in [-0.1, -0.05) is 18.2 Å². The fourth-order valence-electron chi connectivity index (χ4n) is 1.54. The molecule has 0 atom stereocenters. The number of rotatable bonds is 3. The maximum Gasteiger partial charge on any atom is 0.259 e. The highest BCUT2D eigenvalue weighted by atomic mass is 16.5. The number of ether oxygens (including phenoxy) is 1. The van der Waals surface area contributed by atoms with Crippen LogP contribution in [-0.2, 0) is 0 Å². The molecule has 0 spiro atoms. The molecule has 0 aliphatic carbocycles. The number of hydrogen-bond acceptors (Lipinski definition) is 3. The predicted octanol–water partition coefficient (Wildman–Crippen LogP) is 2.65. The monoisotopic (exact) mass is 243 g/mol. The van der Waals surface area contributed by atoms with Gasteiger partial charge in [0.25, 0.3) is 5.91 Å². The summed E-state index contributed by atoms with van der Waals surface area (Å²) >= 11 is 0. The molecule has 0 saturated carbocycles. The molecule has 0 unspecified atom stereocenters. The Hall–Kier alpha value is -2.49. The molecule has 0 radical (unpaired) electrons. The number of benzene rings is 2. The summed E-state index contributed by atoms with van der Waals surface area (Å²) in [6, 6.07) is 13.6. The van der Waals surface area contributed by atoms with Crippen LogP contribution in [0.3, 0.4) is 0 Å². The molecule has 0 aromatic heterocycles. The molecule has 2 aromatic carbocycles. The summed E-state index contributed by atoms with van der Waals surface area (Å²) in [7, 11) is 1.51. The summed E-state index contributed by atoms with van der Waals surface area (Å²) in [5.41, 5.74) is 0.850. The third kappa shape index (κ3) is 2.60. The maximum absolute atomic E-state index is 12.0. The Morgan fingerprint density at radius 2 is 1.89 bits per heavy atom. The lowest BCUT2D eigenvalue weighted by Crippen LogP contribution is -2.12. The number of methoxy groups -OCH3 is 1. The summed E-state index contributed by atoms with van der Waals surface area (Å²) < 4.78 is 5.02. The van der Waals surface area contributed by atoms with Gasteiger partial charge in [0.2, 0.25) is 0 Å². The van der Waals surface area contributed by atoms with Crippen molar-refractivity contribution < 1.29 is 14.6 Å². The predicted molar refractivity (Wildman–Crippen MR) is 69.1 cm³/mol. The first kappa shape index (κ1) is 12.0. The highest BCUT2D eigenvalue weighted by molar-refractivity contribution is 6.06. The number of carbonyl (C=O) groups excluding carboxylic acids is 1. The normalized spacial score (nSPS) is 9.83. The second-order valence-corrected chi connectivity index (χ2v) is 3.70. The lowest BCUT2D eigenvalue weighted by molar-refractivity contribution is 0.102. The summed E-state index contributed by atoms with van der Waals surface area (Å²) in [4.78, 5) is 12.0. The fourth-order valence-corrected chi connectivity index (χ4v) is 1.54. The third-order valence-corrected chi connectivity index (χ3v) is 2.48. The van der Waals surface area contributed by atoms with E-state index in [1.807, 2.05) is 18.2 Å². The van der Waals surface area contributed by atoms with Gasteiger partial charge in [0.15, 0.2) is 0 Å². The summed E-state index contributed by atoms with van der Waals surface area (Å²) in [5, 5.41) is 12.4. The van der Waals surface area contributed by atoms with Crippen molar-refractivity contribution in [2.45, 2.75) is 0 Å². The van der Waals surface area contributed by atoms with Gasteiger partial charge in [-0.3, -0.25) is 4.79 Å². The van der Waals surface area contributed by atoms with E-state index in [2.05, 4.69) is 5.32 Å². The quantitative estimate of drug-likeness (QED) is 0.871. The van der Waals surface area contributed by atoms with Crippen LogP contribution in [0, 0.1) is 0 Å². The van der Waals surface area contributed by atoms with Crippen molar-refractivity contribution in [1.29, 1.82) is 0 Å². The van der Waals surface area contributed by atoms with E-state index in [9.17, 15) is 9.90 Å². The number of para-hydroxylation sites is 1. The molecule has 0 aliphatic rings. The van der Waals surface area contributed by atoms with Crippen molar-refractivity contribution in [3.05, 3.63) is 54.1 Å². The molecular formula is C14H13NO3. The van der Waals surface area contributed by atoms with Crippen molar-refractivity contribution in [2.24, 2.45) is 0 Å². The number of aromatic hydroxyl groups is 1. The molecule has 4 nitrogen and oxygen atoms in total. The lowest BCUT2D eigenvalue weighted by atomic mass is 10.1. The van der Waals surface area contributed by atoms with Crippen LogP contribution in [0.5, 0.6) is 11.5 Å². The molecule has 18 heavy (non-hydrogen) atoms. The van der Waals surface area contributed by atoms with Crippen molar-refractivity contribution >= 4 is 11.6 Å². The van der Waals surface area contributed by atoms with Gasteiger partial charge >= 0.3 is 0 Å². The molecule has 0 aliphatic heterocycles. The zero-order chi connectivity index (χ0) is 13.0. The average Bonchev–Trinajstić information content (AvgIpc) is 2.40. The van der Waals surface area contributed by atoms with E-state index in [-0.39, 0.29) is 17.2 Å². The number of anilines is 1.